The van der Waals surface area contributed by atoms with Gasteiger partial charge in [0.05, 0.1) is 10.6 Å². The van der Waals surface area contributed by atoms with E-state index < -0.39 is 6.04 Å². The molecule has 6 aliphatic rings. The van der Waals surface area contributed by atoms with Gasteiger partial charge < -0.3 is 24.3 Å². The number of fused-ring (bicyclic) bond motifs is 2. The summed E-state index contributed by atoms with van der Waals surface area (Å²) < 4.78 is 5.79. The Balaban J connectivity index is 0.000000160. The number of nitrogens with one attached hydrogen (secondary N) is 1. The van der Waals surface area contributed by atoms with E-state index in [1.807, 2.05) is 48.5 Å². The average Bonchev–Trinajstić information content (AvgIpc) is 3.84. The molecule has 6 aliphatic heterocycles. The van der Waals surface area contributed by atoms with Gasteiger partial charge in [-0.05, 0) is 110 Å². The zero-order chi connectivity index (χ0) is 40.1. The molecular weight excluding hydrogens is 742 g/mol. The predicted molar refractivity (Wildman–Crippen MR) is 217 cm³/mol. The standard InChI is InChI=1S/C23H24ClN3O.C21H26N4O4/c1-17-13-23(16-27(17)21-7-4-19(14-25)22(24)12-21)8-10-26(11-9-23)20-5-2-18(15-28)3-6-20;1-23-10-21(11-23,29-2)12-24-7-13-5-15-9-25(17-3-4-18(26)22-19(17)27)20(28)16(15)6-14(13)8-24/h2-7,12,15,17H,8-11,13,16H2,1H3;5-6,17H,3-4,7-12H2,1-2H3,(H,22,26,27)/t17-;/m0./s1. The number of hydrogen-bond donors (Lipinski definition) is 1. The van der Waals surface area contributed by atoms with Crippen LogP contribution in [0.25, 0.3) is 0 Å². The highest BCUT2D eigenvalue weighted by Gasteiger charge is 2.46. The second-order valence-electron chi connectivity index (χ2n) is 17.0. The van der Waals surface area contributed by atoms with Crippen molar-refractivity contribution in [1.29, 1.82) is 5.26 Å². The number of carbonyl (C=O) groups excluding carboxylic acids is 4. The summed E-state index contributed by atoms with van der Waals surface area (Å²) in [4.78, 5) is 58.6. The Labute approximate surface area is 339 Å². The van der Waals surface area contributed by atoms with Gasteiger partial charge in [-0.25, -0.2) is 0 Å². The van der Waals surface area contributed by atoms with Crippen LogP contribution in [-0.4, -0.2) is 110 Å². The zero-order valence-electron chi connectivity index (χ0n) is 32.9. The number of amides is 3. The number of piperidine rings is 2. The van der Waals surface area contributed by atoms with Crippen molar-refractivity contribution in [3.8, 4) is 6.07 Å². The summed E-state index contributed by atoms with van der Waals surface area (Å²) in [7, 11) is 3.88. The van der Waals surface area contributed by atoms with Crippen LogP contribution in [-0.2, 0) is 34.0 Å². The van der Waals surface area contributed by atoms with Gasteiger partial charge in [0.15, 0.2) is 0 Å². The van der Waals surface area contributed by atoms with Gasteiger partial charge >= 0.3 is 0 Å². The van der Waals surface area contributed by atoms with Crippen molar-refractivity contribution in [2.75, 3.05) is 63.2 Å². The molecule has 298 valence electrons. The molecule has 6 heterocycles. The number of ether oxygens (including phenoxy) is 1. The van der Waals surface area contributed by atoms with Crippen LogP contribution in [0.15, 0.2) is 54.6 Å². The lowest BCUT2D eigenvalue weighted by Gasteiger charge is -2.49. The van der Waals surface area contributed by atoms with Crippen LogP contribution >= 0.6 is 11.6 Å². The summed E-state index contributed by atoms with van der Waals surface area (Å²) in [6.45, 7) is 10.2. The number of halogens is 1. The molecule has 4 fully saturated rings. The molecule has 9 rings (SSSR count). The quantitative estimate of drug-likeness (QED) is 0.258. The molecule has 12 nitrogen and oxygen atoms in total. The molecule has 0 aliphatic carbocycles. The Hall–Kier alpha value is -4.80. The largest absolute Gasteiger partial charge is 0.374 e. The zero-order valence-corrected chi connectivity index (χ0v) is 33.7. The lowest BCUT2D eigenvalue weighted by molar-refractivity contribution is -0.136. The summed E-state index contributed by atoms with van der Waals surface area (Å²) in [6.07, 6.45) is 5.06. The lowest BCUT2D eigenvalue weighted by atomic mass is 9.76. The molecule has 3 aromatic rings. The monoisotopic (exact) mass is 791 g/mol. The Morgan fingerprint density at radius 1 is 0.930 bits per heavy atom. The van der Waals surface area contributed by atoms with Gasteiger partial charge in [-0.3, -0.25) is 29.4 Å². The Morgan fingerprint density at radius 3 is 2.26 bits per heavy atom. The lowest BCUT2D eigenvalue weighted by Crippen LogP contribution is -2.65. The van der Waals surface area contributed by atoms with E-state index in [2.05, 4.69) is 51.0 Å². The van der Waals surface area contributed by atoms with Gasteiger partial charge in [-0.15, -0.1) is 0 Å². The number of anilines is 2. The van der Waals surface area contributed by atoms with Crippen LogP contribution < -0.4 is 15.1 Å². The number of rotatable bonds is 7. The number of nitrogens with zero attached hydrogens (tertiary/aromatic N) is 6. The minimum absolute atomic E-state index is 0.0993. The first-order chi connectivity index (χ1) is 27.4. The van der Waals surface area contributed by atoms with Crippen molar-refractivity contribution < 1.29 is 23.9 Å². The van der Waals surface area contributed by atoms with Gasteiger partial charge in [0.2, 0.25) is 11.8 Å². The SMILES string of the molecule is COC1(CN2Cc3cc4c(cc3C2)C(=O)N(C2CCC(=O)NC2=O)C4)CN(C)C1.C[C@H]1CC2(CCN(c3ccc(C=O)cc3)CC2)CN1c1ccc(C#N)c(Cl)c1. The number of likely N-dealkylation sites (tertiary alicyclic amines) is 1. The van der Waals surface area contributed by atoms with E-state index in [4.69, 9.17) is 21.6 Å². The van der Waals surface area contributed by atoms with Crippen molar-refractivity contribution in [1.82, 2.24) is 20.0 Å². The number of aldehydes is 1. The van der Waals surface area contributed by atoms with Crippen LogP contribution in [0.3, 0.4) is 0 Å². The summed E-state index contributed by atoms with van der Waals surface area (Å²) in [6, 6.07) is 19.8. The summed E-state index contributed by atoms with van der Waals surface area (Å²) in [5.74, 6) is -0.734. The van der Waals surface area contributed by atoms with Gasteiger partial charge in [0.25, 0.3) is 5.91 Å². The molecule has 4 saturated heterocycles. The average molecular weight is 792 g/mol. The molecule has 3 aromatic carbocycles. The molecule has 3 amide bonds. The normalized spacial score (nSPS) is 23.7. The number of nitriles is 1. The Kier molecular flexibility index (Phi) is 10.6. The smallest absolute Gasteiger partial charge is 0.255 e. The highest BCUT2D eigenvalue weighted by molar-refractivity contribution is 6.32. The third-order valence-electron chi connectivity index (χ3n) is 13.1. The number of carbonyl (C=O) groups is 4. The van der Waals surface area contributed by atoms with Crippen LogP contribution in [0, 0.1) is 16.7 Å². The van der Waals surface area contributed by atoms with E-state index in [0.717, 1.165) is 88.3 Å². The van der Waals surface area contributed by atoms with E-state index in [0.29, 0.717) is 40.6 Å². The van der Waals surface area contributed by atoms with Crippen molar-refractivity contribution in [2.45, 2.75) is 76.3 Å². The second kappa shape index (κ2) is 15.5. The molecule has 1 unspecified atom stereocenters. The molecule has 2 atom stereocenters. The van der Waals surface area contributed by atoms with E-state index in [-0.39, 0.29) is 29.7 Å². The summed E-state index contributed by atoms with van der Waals surface area (Å²) in [5.41, 5.74) is 7.89. The molecule has 1 N–H and O–H groups in total. The number of benzene rings is 3. The fourth-order valence-corrected chi connectivity index (χ4v) is 10.3. The Bertz CT molecular complexity index is 2120. The summed E-state index contributed by atoms with van der Waals surface area (Å²) >= 11 is 6.26. The van der Waals surface area contributed by atoms with Crippen molar-refractivity contribution >= 4 is 47.0 Å². The fraction of sp³-hybridized carbons (Fsp3) is 0.477. The minimum Gasteiger partial charge on any atom is -0.374 e. The van der Waals surface area contributed by atoms with Gasteiger partial charge in [0, 0.05) is 101 Å². The van der Waals surface area contributed by atoms with Crippen LogP contribution in [0.5, 0.6) is 0 Å². The molecule has 0 saturated carbocycles. The van der Waals surface area contributed by atoms with E-state index >= 15 is 0 Å². The minimum atomic E-state index is -0.559. The highest BCUT2D eigenvalue weighted by atomic mass is 35.5. The predicted octanol–water partition coefficient (Wildman–Crippen LogP) is 5.00. The van der Waals surface area contributed by atoms with Gasteiger partial charge in [0.1, 0.15) is 24.0 Å². The molecule has 0 bridgehead atoms. The molecule has 57 heavy (non-hydrogen) atoms. The first-order valence-corrected chi connectivity index (χ1v) is 20.3. The molecule has 0 radical (unpaired) electrons. The maximum absolute atomic E-state index is 13.0. The maximum Gasteiger partial charge on any atom is 0.255 e. The third kappa shape index (κ3) is 7.66. The molecular formula is C44H50ClN7O5. The van der Waals surface area contributed by atoms with E-state index in [1.165, 1.54) is 23.2 Å². The molecule has 13 heteroatoms. The van der Waals surface area contributed by atoms with Crippen LogP contribution in [0.1, 0.15) is 82.0 Å². The van der Waals surface area contributed by atoms with Gasteiger partial charge in [-0.1, -0.05) is 17.7 Å². The van der Waals surface area contributed by atoms with E-state index in [9.17, 15) is 19.2 Å². The van der Waals surface area contributed by atoms with Crippen molar-refractivity contribution in [3.05, 3.63) is 93.0 Å². The number of methoxy groups -OCH3 is 1. The van der Waals surface area contributed by atoms with Crippen molar-refractivity contribution in [3.63, 3.8) is 0 Å². The maximum atomic E-state index is 13.0. The van der Waals surface area contributed by atoms with E-state index in [1.54, 1.807) is 12.0 Å². The second-order valence-corrected chi connectivity index (χ2v) is 17.4. The fourth-order valence-electron chi connectivity index (χ4n) is 10.1. The number of hydrogen-bond acceptors (Lipinski definition) is 10. The third-order valence-corrected chi connectivity index (χ3v) is 13.4. The topological polar surface area (TPSA) is 130 Å². The molecule has 1 spiro atoms. The first-order valence-electron chi connectivity index (χ1n) is 19.9. The van der Waals surface area contributed by atoms with Crippen LogP contribution in [0.2, 0.25) is 5.02 Å². The van der Waals surface area contributed by atoms with Gasteiger partial charge in [-0.2, -0.15) is 5.26 Å². The molecule has 0 aromatic heterocycles. The highest BCUT2D eigenvalue weighted by Crippen LogP contribution is 2.46. The van der Waals surface area contributed by atoms with Crippen LogP contribution in [0.4, 0.5) is 11.4 Å². The number of likely N-dealkylation sites (N-methyl/N-ethyl adjacent to an activating group) is 1. The number of imide groups is 1. The van der Waals surface area contributed by atoms with Crippen molar-refractivity contribution in [2.24, 2.45) is 5.41 Å². The summed E-state index contributed by atoms with van der Waals surface area (Å²) in [5, 5.41) is 12.0. The first kappa shape index (κ1) is 39.0. The Morgan fingerprint density at radius 2 is 1.63 bits per heavy atom.